The number of benzene rings is 2. The van der Waals surface area contributed by atoms with Crippen molar-refractivity contribution in [3.05, 3.63) is 71.8 Å². The molecule has 0 saturated carbocycles. The van der Waals surface area contributed by atoms with Gasteiger partial charge in [-0.3, -0.25) is 14.4 Å². The third-order valence-corrected chi connectivity index (χ3v) is 8.38. The molecule has 2 unspecified atom stereocenters. The van der Waals surface area contributed by atoms with Gasteiger partial charge in [0.2, 0.25) is 0 Å². The van der Waals surface area contributed by atoms with E-state index in [2.05, 4.69) is 6.92 Å². The Bertz CT molecular complexity index is 1370. The molecule has 0 amide bonds. The summed E-state index contributed by atoms with van der Waals surface area (Å²) in [4.78, 5) is 47.8. The lowest BCUT2D eigenvalue weighted by Gasteiger charge is -2.27. The summed E-state index contributed by atoms with van der Waals surface area (Å²) < 4.78 is 10.6. The summed E-state index contributed by atoms with van der Waals surface area (Å²) in [5.74, 6) is -3.66. The van der Waals surface area contributed by atoms with Crippen molar-refractivity contribution in [2.24, 2.45) is 23.0 Å². The number of carboxylic acid groups (broad SMARTS) is 1. The summed E-state index contributed by atoms with van der Waals surface area (Å²) in [5, 5.41) is 29.4. The molecule has 10 nitrogen and oxygen atoms in total. The third kappa shape index (κ3) is 24.4. The first kappa shape index (κ1) is 49.4. The second kappa shape index (κ2) is 22.6. The van der Waals surface area contributed by atoms with E-state index in [1.807, 2.05) is 116 Å². The number of aliphatic hydroxyl groups excluding tert-OH is 2. The number of carbonyl (C=O) groups excluding carboxylic acids is 3. The summed E-state index contributed by atoms with van der Waals surface area (Å²) in [5.41, 5.74) is 6.04. The maximum absolute atomic E-state index is 12.6. The summed E-state index contributed by atoms with van der Waals surface area (Å²) in [6.45, 7) is 22.8. The van der Waals surface area contributed by atoms with E-state index in [1.165, 1.54) is 0 Å². The van der Waals surface area contributed by atoms with Gasteiger partial charge in [-0.25, -0.2) is 4.79 Å². The Morgan fingerprint density at radius 3 is 1.25 bits per heavy atom. The predicted molar refractivity (Wildman–Crippen MR) is 210 cm³/mol. The molecule has 0 aliphatic rings. The van der Waals surface area contributed by atoms with E-state index in [1.54, 1.807) is 20.8 Å². The molecule has 0 aliphatic carbocycles. The Balaban J connectivity index is 0.000000897. The molecule has 10 heteroatoms. The van der Waals surface area contributed by atoms with Gasteiger partial charge in [-0.05, 0) is 91.2 Å². The summed E-state index contributed by atoms with van der Waals surface area (Å²) in [6, 6.07) is 18.8. The van der Waals surface area contributed by atoms with Crippen LogP contribution in [0.25, 0.3) is 0 Å². The van der Waals surface area contributed by atoms with Crippen molar-refractivity contribution in [3.8, 4) is 0 Å². The van der Waals surface area contributed by atoms with Gasteiger partial charge in [0, 0.05) is 23.8 Å². The number of esters is 2. The Morgan fingerprint density at radius 2 is 0.962 bits per heavy atom. The van der Waals surface area contributed by atoms with Crippen molar-refractivity contribution in [3.63, 3.8) is 0 Å². The first-order chi connectivity index (χ1) is 24.2. The fourth-order valence-electron chi connectivity index (χ4n) is 4.78. The van der Waals surface area contributed by atoms with Crippen molar-refractivity contribution in [2.75, 3.05) is 0 Å². The van der Waals surface area contributed by atoms with E-state index >= 15 is 0 Å². The lowest BCUT2D eigenvalue weighted by molar-refractivity contribution is -0.160. The smallest absolute Gasteiger partial charge is 0.332 e. The lowest BCUT2D eigenvalue weighted by Crippen LogP contribution is -2.36. The van der Waals surface area contributed by atoms with Crippen LogP contribution in [0.15, 0.2) is 60.7 Å². The predicted octanol–water partition coefficient (Wildman–Crippen LogP) is 7.49. The number of carbonyl (C=O) groups is 4. The van der Waals surface area contributed by atoms with E-state index in [0.29, 0.717) is 19.3 Å². The highest BCUT2D eigenvalue weighted by Gasteiger charge is 2.33. The first-order valence-corrected chi connectivity index (χ1v) is 18.6. The van der Waals surface area contributed by atoms with Crippen LogP contribution in [0.2, 0.25) is 0 Å². The average Bonchev–Trinajstić information content (AvgIpc) is 3.02. The van der Waals surface area contributed by atoms with Crippen LogP contribution in [0.5, 0.6) is 0 Å². The van der Waals surface area contributed by atoms with Crippen LogP contribution in [0.1, 0.15) is 126 Å². The van der Waals surface area contributed by atoms with E-state index < -0.39 is 47.2 Å². The van der Waals surface area contributed by atoms with Crippen LogP contribution in [-0.4, -0.2) is 68.0 Å². The maximum atomic E-state index is 12.6. The Hall–Kier alpha value is -3.60. The van der Waals surface area contributed by atoms with Crippen molar-refractivity contribution in [1.29, 1.82) is 0 Å². The largest absolute Gasteiger partial charge is 0.479 e. The number of carboxylic acids is 1. The lowest BCUT2D eigenvalue weighted by atomic mass is 9.80. The molecule has 0 aromatic heterocycles. The number of nitrogens with two attached hydrogens (primary N) is 1. The van der Waals surface area contributed by atoms with Gasteiger partial charge in [-0.1, -0.05) is 94.8 Å². The topological polar surface area (TPSA) is 173 Å². The number of hydrogen-bond acceptors (Lipinski definition) is 9. The van der Waals surface area contributed by atoms with Gasteiger partial charge in [-0.2, -0.15) is 0 Å². The SMILES string of the molecule is CC(C)(C)OC(=O)C[C@@H](Cc1ccccc1)C(O)C(=O)O.CCC(C)(C)CC(=O)C(O)[C@@H](CC(=O)OC(C)(C)C)Cc1ccccc1.CCC(C)(C)N. The molecule has 0 heterocycles. The van der Waals surface area contributed by atoms with E-state index in [-0.39, 0.29) is 35.5 Å². The normalized spacial score (nSPS) is 14.2. The van der Waals surface area contributed by atoms with Crippen LogP contribution in [0, 0.1) is 17.3 Å². The molecule has 0 radical (unpaired) electrons. The monoisotopic (exact) mass is 743 g/mol. The summed E-state index contributed by atoms with van der Waals surface area (Å²) in [7, 11) is 0. The fourth-order valence-corrected chi connectivity index (χ4v) is 4.78. The molecule has 0 saturated heterocycles. The molecule has 0 spiro atoms. The summed E-state index contributed by atoms with van der Waals surface area (Å²) in [6.07, 6.45) is 0.0579. The van der Waals surface area contributed by atoms with Gasteiger partial charge in [0.25, 0.3) is 0 Å². The van der Waals surface area contributed by atoms with Crippen molar-refractivity contribution < 1.29 is 44.0 Å². The zero-order valence-electron chi connectivity index (χ0n) is 34.4. The molecule has 4 atom stereocenters. The zero-order chi connectivity index (χ0) is 41.2. The van der Waals surface area contributed by atoms with Gasteiger partial charge >= 0.3 is 17.9 Å². The molecule has 300 valence electrons. The number of aliphatic carboxylic acids is 1. The minimum absolute atomic E-state index is 0.0195. The van der Waals surface area contributed by atoms with Crippen LogP contribution in [0.4, 0.5) is 0 Å². The molecule has 0 bridgehead atoms. The van der Waals surface area contributed by atoms with Crippen LogP contribution >= 0.6 is 0 Å². The highest BCUT2D eigenvalue weighted by molar-refractivity contribution is 5.84. The first-order valence-electron chi connectivity index (χ1n) is 18.6. The number of ether oxygens (including phenoxy) is 2. The molecular formula is C43H69NO9. The molecular weight excluding hydrogens is 674 g/mol. The van der Waals surface area contributed by atoms with Gasteiger partial charge in [-0.15, -0.1) is 0 Å². The Labute approximate surface area is 318 Å². The Kier molecular flexibility index (Phi) is 21.0. The second-order valence-electron chi connectivity index (χ2n) is 17.2. The molecule has 0 aliphatic heterocycles. The standard InChI is InChI=1S/C22H34O4.C16H22O5.C5H13N/c1-7-22(5,6)15-18(23)20(25)17(13-16-11-9-8-10-12-16)14-19(24)26-21(2,3)4;1-16(2,3)21-13(17)10-12(14(18)15(19)20)9-11-7-5-4-6-8-11;1-4-5(2,3)6/h8-12,17,20,25H,7,13-15H2,1-6H3;4-8,12,14,18H,9-10H2,1-3H3,(H,19,20);4,6H2,1-3H3/t17-,20?;12-,14?;/m11./s1. The van der Waals surface area contributed by atoms with Crippen LogP contribution < -0.4 is 5.73 Å². The second-order valence-corrected chi connectivity index (χ2v) is 17.2. The van der Waals surface area contributed by atoms with Crippen LogP contribution in [0.3, 0.4) is 0 Å². The number of ketones is 1. The minimum atomic E-state index is -1.60. The maximum Gasteiger partial charge on any atom is 0.332 e. The van der Waals surface area contributed by atoms with Gasteiger partial charge in [0.1, 0.15) is 17.3 Å². The summed E-state index contributed by atoms with van der Waals surface area (Å²) >= 11 is 0. The average molecular weight is 744 g/mol. The van der Waals surface area contributed by atoms with Gasteiger partial charge < -0.3 is 30.5 Å². The van der Waals surface area contributed by atoms with Crippen LogP contribution in [-0.2, 0) is 41.5 Å². The highest BCUT2D eigenvalue weighted by atomic mass is 16.6. The Morgan fingerprint density at radius 1 is 0.623 bits per heavy atom. The van der Waals surface area contributed by atoms with Crippen molar-refractivity contribution in [1.82, 2.24) is 0 Å². The van der Waals surface area contributed by atoms with Gasteiger partial charge in [0.05, 0.1) is 12.8 Å². The van der Waals surface area contributed by atoms with Crippen molar-refractivity contribution in [2.45, 2.75) is 157 Å². The third-order valence-electron chi connectivity index (χ3n) is 8.38. The number of hydrogen-bond donors (Lipinski definition) is 4. The quantitative estimate of drug-likeness (QED) is 0.126. The van der Waals surface area contributed by atoms with Crippen molar-refractivity contribution >= 4 is 23.7 Å². The molecule has 2 aromatic carbocycles. The molecule has 5 N–H and O–H groups in total. The minimum Gasteiger partial charge on any atom is -0.479 e. The molecule has 53 heavy (non-hydrogen) atoms. The number of Topliss-reactive ketones (excluding diaryl/α,β-unsaturated/α-hetero) is 1. The number of aliphatic hydroxyl groups is 2. The van der Waals surface area contributed by atoms with E-state index in [4.69, 9.17) is 20.3 Å². The zero-order valence-corrected chi connectivity index (χ0v) is 34.4. The van der Waals surface area contributed by atoms with E-state index in [0.717, 1.165) is 24.0 Å². The molecule has 2 rings (SSSR count). The van der Waals surface area contributed by atoms with Gasteiger partial charge in [0.15, 0.2) is 11.9 Å². The number of rotatable bonds is 16. The fraction of sp³-hybridized carbons (Fsp3) is 0.628. The molecule has 2 aromatic rings. The highest BCUT2D eigenvalue weighted by Crippen LogP contribution is 2.28. The van der Waals surface area contributed by atoms with E-state index in [9.17, 15) is 29.4 Å². The molecule has 0 fully saturated rings.